The fraction of sp³-hybridized carbons (Fsp3) is 0.500. The van der Waals surface area contributed by atoms with E-state index in [1.54, 1.807) is 0 Å². The van der Waals surface area contributed by atoms with Crippen molar-refractivity contribution in [2.45, 2.75) is 44.6 Å². The third kappa shape index (κ3) is 5.05. The summed E-state index contributed by atoms with van der Waals surface area (Å²) in [5.74, 6) is 0.498. The maximum absolute atomic E-state index is 11.7. The molecule has 4 nitrogen and oxygen atoms in total. The fourth-order valence-electron chi connectivity index (χ4n) is 2.63. The van der Waals surface area contributed by atoms with Gasteiger partial charge < -0.3 is 10.5 Å². The molecular weight excluding hydrogens is 288 g/mol. The lowest BCUT2D eigenvalue weighted by atomic mass is 9.98. The van der Waals surface area contributed by atoms with Crippen LogP contribution in [0.4, 0.5) is 0 Å². The molecule has 0 fully saturated rings. The molecule has 2 N–H and O–H groups in total. The van der Waals surface area contributed by atoms with E-state index in [4.69, 9.17) is 10.5 Å². The Morgan fingerprint density at radius 3 is 2.90 bits per heavy atom. The molecule has 1 aromatic carbocycles. The van der Waals surface area contributed by atoms with Crippen LogP contribution in [0, 0.1) is 0 Å². The van der Waals surface area contributed by atoms with E-state index in [1.807, 2.05) is 24.3 Å². The molecule has 0 spiro atoms. The second kappa shape index (κ2) is 8.67. The lowest BCUT2D eigenvalue weighted by molar-refractivity contribution is 0.0599. The van der Waals surface area contributed by atoms with Crippen LogP contribution in [0.1, 0.15) is 48.0 Å². The smallest absolute Gasteiger partial charge is 0.338 e. The molecule has 0 radical (unpaired) electrons. The van der Waals surface area contributed by atoms with Crippen molar-refractivity contribution in [3.63, 3.8) is 0 Å². The lowest BCUT2D eigenvalue weighted by Crippen LogP contribution is -2.15. The van der Waals surface area contributed by atoms with Gasteiger partial charge in [-0.1, -0.05) is 24.6 Å². The molecule has 21 heavy (non-hydrogen) atoms. The van der Waals surface area contributed by atoms with Gasteiger partial charge in [-0.05, 0) is 37.3 Å². The Morgan fingerprint density at radius 2 is 2.14 bits per heavy atom. The summed E-state index contributed by atoms with van der Waals surface area (Å²) in [7, 11) is 1.41. The highest BCUT2D eigenvalue weighted by Gasteiger charge is 2.15. The van der Waals surface area contributed by atoms with E-state index >= 15 is 0 Å². The molecule has 1 aromatic rings. The quantitative estimate of drug-likeness (QED) is 0.869. The minimum Gasteiger partial charge on any atom is -0.465 e. The molecular formula is C16H23ClN2O2. The number of aryl methyl sites for hydroxylation is 1. The zero-order valence-corrected chi connectivity index (χ0v) is 13.2. The topological polar surface area (TPSA) is 64.7 Å². The maximum atomic E-state index is 11.7. The number of esters is 1. The number of benzene rings is 1. The van der Waals surface area contributed by atoms with Crippen molar-refractivity contribution in [3.05, 3.63) is 35.4 Å². The molecule has 1 unspecified atom stereocenters. The van der Waals surface area contributed by atoms with Crippen molar-refractivity contribution in [3.8, 4) is 0 Å². The van der Waals surface area contributed by atoms with Crippen LogP contribution in [-0.4, -0.2) is 25.0 Å². The van der Waals surface area contributed by atoms with Crippen LogP contribution < -0.4 is 5.73 Å². The summed E-state index contributed by atoms with van der Waals surface area (Å²) in [4.78, 5) is 16.3. The highest BCUT2D eigenvalue weighted by Crippen LogP contribution is 2.19. The monoisotopic (exact) mass is 310 g/mol. The predicted molar refractivity (Wildman–Crippen MR) is 87.2 cm³/mol. The largest absolute Gasteiger partial charge is 0.465 e. The van der Waals surface area contributed by atoms with E-state index in [1.165, 1.54) is 13.5 Å². The van der Waals surface area contributed by atoms with Gasteiger partial charge in [-0.25, -0.2) is 4.79 Å². The number of amidine groups is 1. The van der Waals surface area contributed by atoms with Gasteiger partial charge in [-0.2, -0.15) is 0 Å². The summed E-state index contributed by atoms with van der Waals surface area (Å²) in [5.41, 5.74) is 7.55. The van der Waals surface area contributed by atoms with Crippen molar-refractivity contribution < 1.29 is 9.53 Å². The molecule has 0 saturated carbocycles. The van der Waals surface area contributed by atoms with Crippen LogP contribution in [0.5, 0.6) is 0 Å². The second-order valence-electron chi connectivity index (χ2n) is 5.21. The molecule has 0 saturated heterocycles. The Bertz CT molecular complexity index is 503. The van der Waals surface area contributed by atoms with E-state index in [0.29, 0.717) is 5.56 Å². The van der Waals surface area contributed by atoms with Crippen molar-refractivity contribution in [1.82, 2.24) is 0 Å². The number of aliphatic imine (C=N–C) groups is 1. The first-order chi connectivity index (χ1) is 9.70. The highest BCUT2D eigenvalue weighted by molar-refractivity contribution is 5.91. The molecule has 2 rings (SSSR count). The van der Waals surface area contributed by atoms with Gasteiger partial charge >= 0.3 is 5.97 Å². The van der Waals surface area contributed by atoms with Gasteiger partial charge in [0.2, 0.25) is 0 Å². The van der Waals surface area contributed by atoms with Crippen LogP contribution in [0.25, 0.3) is 0 Å². The highest BCUT2D eigenvalue weighted by atomic mass is 35.5. The number of carbonyl (C=O) groups excluding carboxylic acids is 1. The van der Waals surface area contributed by atoms with Gasteiger partial charge in [0, 0.05) is 6.42 Å². The van der Waals surface area contributed by atoms with Gasteiger partial charge in [0.1, 0.15) is 0 Å². The van der Waals surface area contributed by atoms with Crippen LogP contribution in [0.15, 0.2) is 29.3 Å². The van der Waals surface area contributed by atoms with E-state index in [9.17, 15) is 4.79 Å². The summed E-state index contributed by atoms with van der Waals surface area (Å²) in [5, 5.41) is 0. The summed E-state index contributed by atoms with van der Waals surface area (Å²) in [6.45, 7) is 0. The Hall–Kier alpha value is -1.55. The third-order valence-corrected chi connectivity index (χ3v) is 3.74. The van der Waals surface area contributed by atoms with Gasteiger partial charge in [0.15, 0.2) is 0 Å². The lowest BCUT2D eigenvalue weighted by Gasteiger charge is -2.12. The zero-order chi connectivity index (χ0) is 14.4. The third-order valence-electron chi connectivity index (χ3n) is 3.74. The molecule has 1 atom stereocenters. The predicted octanol–water partition coefficient (Wildman–Crippen LogP) is 3.13. The van der Waals surface area contributed by atoms with Gasteiger partial charge in [-0.15, -0.1) is 12.4 Å². The number of hydrogen-bond acceptors (Lipinski definition) is 4. The van der Waals surface area contributed by atoms with Crippen LogP contribution in [-0.2, 0) is 11.2 Å². The number of rotatable bonds is 4. The van der Waals surface area contributed by atoms with Crippen LogP contribution >= 0.6 is 12.4 Å². The first kappa shape index (κ1) is 17.5. The van der Waals surface area contributed by atoms with E-state index in [2.05, 4.69) is 4.99 Å². The number of ether oxygens (including phenoxy) is 1. The summed E-state index contributed by atoms with van der Waals surface area (Å²) < 4.78 is 4.82. The van der Waals surface area contributed by atoms with Crippen LogP contribution in [0.3, 0.4) is 0 Å². The molecule has 0 aromatic heterocycles. The molecule has 1 aliphatic rings. The minimum atomic E-state index is -0.274. The molecule has 1 heterocycles. The van der Waals surface area contributed by atoms with E-state index < -0.39 is 0 Å². The average molecular weight is 311 g/mol. The number of hydrogen-bond donors (Lipinski definition) is 1. The number of halogens is 1. The number of methoxy groups -OCH3 is 1. The fourth-order valence-corrected chi connectivity index (χ4v) is 2.63. The van der Waals surface area contributed by atoms with Crippen molar-refractivity contribution in [2.24, 2.45) is 10.7 Å². The second-order valence-corrected chi connectivity index (χ2v) is 5.21. The number of nitrogens with zero attached hydrogens (tertiary/aromatic N) is 1. The molecule has 5 heteroatoms. The minimum absolute atomic E-state index is 0. The van der Waals surface area contributed by atoms with Gasteiger partial charge in [0.25, 0.3) is 0 Å². The Morgan fingerprint density at radius 1 is 1.38 bits per heavy atom. The molecule has 0 aliphatic carbocycles. The molecule has 116 valence electrons. The zero-order valence-electron chi connectivity index (χ0n) is 12.4. The maximum Gasteiger partial charge on any atom is 0.338 e. The number of carbonyl (C=O) groups is 1. The van der Waals surface area contributed by atoms with Gasteiger partial charge in [-0.3, -0.25) is 4.99 Å². The van der Waals surface area contributed by atoms with Crippen molar-refractivity contribution in [1.29, 1.82) is 0 Å². The summed E-state index contributed by atoms with van der Waals surface area (Å²) >= 11 is 0. The molecule has 0 amide bonds. The first-order valence-electron chi connectivity index (χ1n) is 7.19. The summed E-state index contributed by atoms with van der Waals surface area (Å²) in [6.07, 6.45) is 6.05. The molecule has 1 aliphatic heterocycles. The number of nitrogens with two attached hydrogens (primary N) is 1. The normalized spacial score (nSPS) is 18.1. The van der Waals surface area contributed by atoms with Crippen LogP contribution in [0.2, 0.25) is 0 Å². The summed E-state index contributed by atoms with van der Waals surface area (Å²) in [6, 6.07) is 7.88. The SMILES string of the molecule is COC(=O)c1ccccc1CCC1CCCCC(N)=N1.Cl. The Labute approximate surface area is 132 Å². The first-order valence-corrected chi connectivity index (χ1v) is 7.19. The van der Waals surface area contributed by atoms with Crippen molar-refractivity contribution in [2.75, 3.05) is 7.11 Å². The standard InChI is InChI=1S/C16H22N2O2.ClH/c1-20-16(19)14-8-4-2-6-12(14)10-11-13-7-3-5-9-15(17)18-13;/h2,4,6,8,13H,3,5,7,9-11H2,1H3,(H2,17,18);1H. The van der Waals surface area contributed by atoms with E-state index in [0.717, 1.165) is 43.5 Å². The van der Waals surface area contributed by atoms with Crippen molar-refractivity contribution >= 4 is 24.2 Å². The Balaban J connectivity index is 0.00000220. The molecule has 0 bridgehead atoms. The van der Waals surface area contributed by atoms with Gasteiger partial charge in [0.05, 0.1) is 24.6 Å². The Kier molecular flexibility index (Phi) is 7.23. The average Bonchev–Trinajstić information content (AvgIpc) is 2.69. The van der Waals surface area contributed by atoms with E-state index in [-0.39, 0.29) is 24.4 Å².